The molecule has 31 heavy (non-hydrogen) atoms. The van der Waals surface area contributed by atoms with E-state index in [4.69, 9.17) is 0 Å². The van der Waals surface area contributed by atoms with Gasteiger partial charge in [0, 0.05) is 44.3 Å². The number of amides is 1. The summed E-state index contributed by atoms with van der Waals surface area (Å²) in [4.78, 5) is 19.8. The van der Waals surface area contributed by atoms with Crippen molar-refractivity contribution < 1.29 is 4.79 Å². The average molecular weight is 419 g/mol. The second-order valence-electron chi connectivity index (χ2n) is 9.07. The highest BCUT2D eigenvalue weighted by atomic mass is 16.2. The fourth-order valence-electron chi connectivity index (χ4n) is 4.87. The van der Waals surface area contributed by atoms with Gasteiger partial charge in [0.05, 0.1) is 5.56 Å². The molecular formula is C24H30N6O. The van der Waals surface area contributed by atoms with Gasteiger partial charge in [-0.2, -0.15) is 0 Å². The highest BCUT2D eigenvalue weighted by molar-refractivity contribution is 5.94. The Bertz CT molecular complexity index is 1060. The van der Waals surface area contributed by atoms with Gasteiger partial charge in [-0.25, -0.2) is 0 Å². The molecule has 0 N–H and O–H groups in total. The maximum absolute atomic E-state index is 13.1. The number of hydrogen-bond donors (Lipinski definition) is 0. The van der Waals surface area contributed by atoms with Crippen molar-refractivity contribution in [3.63, 3.8) is 0 Å². The first-order valence-corrected chi connectivity index (χ1v) is 11.1. The quantitative estimate of drug-likeness (QED) is 0.637. The lowest BCUT2D eigenvalue weighted by molar-refractivity contribution is 0.0782. The van der Waals surface area contributed by atoms with E-state index >= 15 is 0 Å². The van der Waals surface area contributed by atoms with Crippen LogP contribution in [0.25, 0.3) is 5.65 Å². The summed E-state index contributed by atoms with van der Waals surface area (Å²) in [7, 11) is 4.16. The molecule has 0 spiro atoms. The van der Waals surface area contributed by atoms with E-state index in [0.29, 0.717) is 17.5 Å². The molecule has 2 aromatic heterocycles. The van der Waals surface area contributed by atoms with Crippen LogP contribution in [0, 0.1) is 0 Å². The minimum atomic E-state index is 0.100. The van der Waals surface area contributed by atoms with Crippen LogP contribution in [0.5, 0.6) is 0 Å². The maximum atomic E-state index is 13.1. The molecule has 0 unspecified atom stereocenters. The number of rotatable bonds is 5. The van der Waals surface area contributed by atoms with Gasteiger partial charge < -0.3 is 9.80 Å². The van der Waals surface area contributed by atoms with E-state index in [9.17, 15) is 4.79 Å². The summed E-state index contributed by atoms with van der Waals surface area (Å²) in [6, 6.07) is 14.8. The van der Waals surface area contributed by atoms with Crippen LogP contribution in [0.4, 0.5) is 0 Å². The molecule has 4 heterocycles. The molecule has 5 rings (SSSR count). The van der Waals surface area contributed by atoms with Gasteiger partial charge in [-0.15, -0.1) is 10.2 Å². The predicted molar refractivity (Wildman–Crippen MR) is 120 cm³/mol. The zero-order valence-corrected chi connectivity index (χ0v) is 18.3. The molecule has 2 aliphatic heterocycles. The second kappa shape index (κ2) is 8.40. The summed E-state index contributed by atoms with van der Waals surface area (Å²) in [6.07, 6.45) is 4.02. The van der Waals surface area contributed by atoms with Crippen molar-refractivity contribution in [2.45, 2.75) is 31.3 Å². The van der Waals surface area contributed by atoms with Crippen molar-refractivity contribution in [3.05, 3.63) is 65.6 Å². The minimum absolute atomic E-state index is 0.100. The topological polar surface area (TPSA) is 57.0 Å². The van der Waals surface area contributed by atoms with Crippen molar-refractivity contribution in [3.8, 4) is 0 Å². The minimum Gasteiger partial charge on any atom is -0.337 e. The molecule has 0 saturated carbocycles. The number of carbonyl (C=O) groups is 1. The molecule has 2 saturated heterocycles. The molecule has 1 aromatic carbocycles. The van der Waals surface area contributed by atoms with Crippen LogP contribution in [0.1, 0.15) is 40.5 Å². The predicted octanol–water partition coefficient (Wildman–Crippen LogP) is 2.49. The Morgan fingerprint density at radius 3 is 2.65 bits per heavy atom. The Kier molecular flexibility index (Phi) is 5.46. The van der Waals surface area contributed by atoms with Crippen molar-refractivity contribution in [2.75, 3.05) is 40.3 Å². The van der Waals surface area contributed by atoms with Crippen LogP contribution in [0.3, 0.4) is 0 Å². The summed E-state index contributed by atoms with van der Waals surface area (Å²) in [6.45, 7) is 4.57. The Morgan fingerprint density at radius 2 is 1.87 bits per heavy atom. The van der Waals surface area contributed by atoms with Crippen LogP contribution in [0.2, 0.25) is 0 Å². The molecule has 0 bridgehead atoms. The number of aromatic nitrogens is 3. The van der Waals surface area contributed by atoms with E-state index in [1.54, 1.807) is 0 Å². The number of likely N-dealkylation sites (N-methyl/N-ethyl adjacent to an activating group) is 1. The maximum Gasteiger partial charge on any atom is 0.255 e. The SMILES string of the molecule is CN(C)[C@@H]1CCN(C(=O)c2ccc3nnc([C@H]4CCN(Cc5ccccc5)C4)n3c2)C1. The molecule has 2 fully saturated rings. The first-order chi connectivity index (χ1) is 15.1. The average Bonchev–Trinajstić information content (AvgIpc) is 3.53. The number of carbonyl (C=O) groups excluding carboxylic acids is 1. The number of pyridine rings is 1. The van der Waals surface area contributed by atoms with Gasteiger partial charge in [-0.1, -0.05) is 30.3 Å². The lowest BCUT2D eigenvalue weighted by Gasteiger charge is -2.20. The van der Waals surface area contributed by atoms with Crippen LogP contribution in [0.15, 0.2) is 48.7 Å². The molecule has 7 heteroatoms. The normalized spacial score (nSPS) is 22.1. The summed E-state index contributed by atoms with van der Waals surface area (Å²) in [5.74, 6) is 1.39. The van der Waals surface area contributed by atoms with Crippen molar-refractivity contribution >= 4 is 11.6 Å². The van der Waals surface area contributed by atoms with E-state index in [1.165, 1.54) is 5.56 Å². The van der Waals surface area contributed by atoms with Gasteiger partial charge in [-0.05, 0) is 51.2 Å². The molecule has 2 atom stereocenters. The monoisotopic (exact) mass is 418 g/mol. The molecule has 162 valence electrons. The summed E-state index contributed by atoms with van der Waals surface area (Å²) in [5.41, 5.74) is 2.86. The van der Waals surface area contributed by atoms with Gasteiger partial charge in [0.2, 0.25) is 0 Å². The first-order valence-electron chi connectivity index (χ1n) is 11.1. The standard InChI is InChI=1S/C24H30N6O/c1-27(2)21-11-13-29(17-21)24(31)20-8-9-22-25-26-23(30(22)16-20)19-10-12-28(15-19)14-18-6-4-3-5-7-18/h3-9,16,19,21H,10-15,17H2,1-2H3/t19-,21+/m0/s1. The molecule has 7 nitrogen and oxygen atoms in total. The summed E-state index contributed by atoms with van der Waals surface area (Å²) in [5, 5.41) is 8.88. The van der Waals surface area contributed by atoms with Crippen LogP contribution in [-0.2, 0) is 6.54 Å². The lowest BCUT2D eigenvalue weighted by Crippen LogP contribution is -2.34. The van der Waals surface area contributed by atoms with E-state index in [-0.39, 0.29) is 5.91 Å². The number of fused-ring (bicyclic) bond motifs is 1. The lowest BCUT2D eigenvalue weighted by atomic mass is 10.1. The van der Waals surface area contributed by atoms with Gasteiger partial charge in [0.1, 0.15) is 5.82 Å². The van der Waals surface area contributed by atoms with E-state index in [1.807, 2.05) is 27.6 Å². The smallest absolute Gasteiger partial charge is 0.255 e. The largest absolute Gasteiger partial charge is 0.337 e. The Labute approximate surface area is 183 Å². The summed E-state index contributed by atoms with van der Waals surface area (Å²) >= 11 is 0. The van der Waals surface area contributed by atoms with Crippen LogP contribution < -0.4 is 0 Å². The zero-order chi connectivity index (χ0) is 21.4. The van der Waals surface area contributed by atoms with Crippen molar-refractivity contribution in [1.29, 1.82) is 0 Å². The van der Waals surface area contributed by atoms with Crippen molar-refractivity contribution in [2.24, 2.45) is 0 Å². The Balaban J connectivity index is 1.32. The first kappa shape index (κ1) is 20.2. The number of nitrogens with zero attached hydrogens (tertiary/aromatic N) is 6. The van der Waals surface area contributed by atoms with Gasteiger partial charge >= 0.3 is 0 Å². The van der Waals surface area contributed by atoms with Gasteiger partial charge in [0.25, 0.3) is 5.91 Å². The number of benzene rings is 1. The third-order valence-corrected chi connectivity index (χ3v) is 6.74. The van der Waals surface area contributed by atoms with Gasteiger partial charge in [0.15, 0.2) is 5.65 Å². The van der Waals surface area contributed by atoms with E-state index < -0.39 is 0 Å². The van der Waals surface area contributed by atoms with E-state index in [2.05, 4.69) is 64.4 Å². The molecule has 0 radical (unpaired) electrons. The highest BCUT2D eigenvalue weighted by Crippen LogP contribution is 2.28. The second-order valence-corrected chi connectivity index (χ2v) is 9.07. The molecule has 0 aliphatic carbocycles. The number of hydrogen-bond acceptors (Lipinski definition) is 5. The molecule has 2 aliphatic rings. The molecule has 1 amide bonds. The highest BCUT2D eigenvalue weighted by Gasteiger charge is 2.30. The van der Waals surface area contributed by atoms with Crippen LogP contribution >= 0.6 is 0 Å². The number of likely N-dealkylation sites (tertiary alicyclic amines) is 2. The summed E-state index contributed by atoms with van der Waals surface area (Å²) < 4.78 is 2.03. The van der Waals surface area contributed by atoms with E-state index in [0.717, 1.165) is 57.0 Å². The molecule has 3 aromatic rings. The fraction of sp³-hybridized carbons (Fsp3) is 0.458. The third kappa shape index (κ3) is 4.07. The Morgan fingerprint density at radius 1 is 1.03 bits per heavy atom. The van der Waals surface area contributed by atoms with Crippen molar-refractivity contribution in [1.82, 2.24) is 29.3 Å². The Hall–Kier alpha value is -2.77. The van der Waals surface area contributed by atoms with Crippen LogP contribution in [-0.4, -0.2) is 81.5 Å². The fourth-order valence-corrected chi connectivity index (χ4v) is 4.87. The third-order valence-electron chi connectivity index (χ3n) is 6.74. The van der Waals surface area contributed by atoms with Gasteiger partial charge in [-0.3, -0.25) is 14.1 Å². The molecular weight excluding hydrogens is 388 g/mol. The zero-order valence-electron chi connectivity index (χ0n) is 18.3.